The van der Waals surface area contributed by atoms with E-state index in [0.29, 0.717) is 6.54 Å². The standard InChI is InChI=1S/C15H17N3O/c1-12(17-11-14-9-5-6-10-16-14)15(19)18-13-7-3-2-4-8-13/h2-10,12,17H,11H2,1H3,(H,18,19). The SMILES string of the molecule is CC(NCc1ccccn1)C(=O)Nc1ccccc1. The van der Waals surface area contributed by atoms with E-state index in [2.05, 4.69) is 15.6 Å². The Morgan fingerprint density at radius 3 is 2.58 bits per heavy atom. The van der Waals surface area contributed by atoms with Crippen LogP contribution in [-0.2, 0) is 11.3 Å². The lowest BCUT2D eigenvalue weighted by atomic mass is 10.2. The highest BCUT2D eigenvalue weighted by molar-refractivity contribution is 5.94. The number of aromatic nitrogens is 1. The van der Waals surface area contributed by atoms with Crippen molar-refractivity contribution in [1.82, 2.24) is 10.3 Å². The number of nitrogens with zero attached hydrogens (tertiary/aromatic N) is 1. The zero-order chi connectivity index (χ0) is 13.5. The highest BCUT2D eigenvalue weighted by Crippen LogP contribution is 2.05. The molecule has 19 heavy (non-hydrogen) atoms. The van der Waals surface area contributed by atoms with E-state index in [4.69, 9.17) is 0 Å². The summed E-state index contributed by atoms with van der Waals surface area (Å²) in [4.78, 5) is 16.1. The van der Waals surface area contributed by atoms with Crippen molar-refractivity contribution in [3.05, 3.63) is 60.4 Å². The lowest BCUT2D eigenvalue weighted by molar-refractivity contribution is -0.117. The summed E-state index contributed by atoms with van der Waals surface area (Å²) in [5.41, 5.74) is 1.72. The first-order valence-electron chi connectivity index (χ1n) is 6.25. The normalized spacial score (nSPS) is 11.8. The van der Waals surface area contributed by atoms with Crippen molar-refractivity contribution < 1.29 is 4.79 Å². The molecule has 0 fully saturated rings. The molecule has 4 nitrogen and oxygen atoms in total. The van der Waals surface area contributed by atoms with Crippen molar-refractivity contribution in [3.63, 3.8) is 0 Å². The van der Waals surface area contributed by atoms with Crippen LogP contribution >= 0.6 is 0 Å². The molecule has 0 spiro atoms. The molecular weight excluding hydrogens is 238 g/mol. The van der Waals surface area contributed by atoms with Gasteiger partial charge in [0, 0.05) is 18.4 Å². The molecule has 0 aliphatic rings. The first kappa shape index (κ1) is 13.2. The number of amides is 1. The minimum atomic E-state index is -0.276. The maximum absolute atomic E-state index is 11.9. The molecule has 1 unspecified atom stereocenters. The number of hydrogen-bond donors (Lipinski definition) is 2. The maximum atomic E-state index is 11.9. The third kappa shape index (κ3) is 4.19. The van der Waals surface area contributed by atoms with Gasteiger partial charge in [-0.15, -0.1) is 0 Å². The van der Waals surface area contributed by atoms with Gasteiger partial charge >= 0.3 is 0 Å². The number of hydrogen-bond acceptors (Lipinski definition) is 3. The molecule has 1 heterocycles. The van der Waals surface area contributed by atoms with Gasteiger partial charge in [0.05, 0.1) is 11.7 Å². The highest BCUT2D eigenvalue weighted by atomic mass is 16.2. The fourth-order valence-electron chi connectivity index (χ4n) is 1.63. The van der Waals surface area contributed by atoms with Gasteiger partial charge in [-0.05, 0) is 31.2 Å². The molecule has 0 saturated heterocycles. The molecule has 98 valence electrons. The first-order valence-corrected chi connectivity index (χ1v) is 6.25. The van der Waals surface area contributed by atoms with Gasteiger partial charge in [-0.2, -0.15) is 0 Å². The summed E-state index contributed by atoms with van der Waals surface area (Å²) in [5, 5.41) is 6.00. The Labute approximate surface area is 112 Å². The summed E-state index contributed by atoms with van der Waals surface area (Å²) < 4.78 is 0. The molecule has 4 heteroatoms. The van der Waals surface area contributed by atoms with Crippen LogP contribution in [0.1, 0.15) is 12.6 Å². The molecule has 0 aliphatic carbocycles. The van der Waals surface area contributed by atoms with Gasteiger partial charge in [-0.1, -0.05) is 24.3 Å². The van der Waals surface area contributed by atoms with Crippen molar-refractivity contribution >= 4 is 11.6 Å². The molecule has 1 aromatic heterocycles. The third-order valence-electron chi connectivity index (χ3n) is 2.75. The van der Waals surface area contributed by atoms with Gasteiger partial charge < -0.3 is 10.6 Å². The summed E-state index contributed by atoms with van der Waals surface area (Å²) >= 11 is 0. The highest BCUT2D eigenvalue weighted by Gasteiger charge is 2.12. The maximum Gasteiger partial charge on any atom is 0.241 e. The summed E-state index contributed by atoms with van der Waals surface area (Å²) in [6, 6.07) is 14.9. The van der Waals surface area contributed by atoms with Gasteiger partial charge in [0.25, 0.3) is 0 Å². The smallest absolute Gasteiger partial charge is 0.241 e. The van der Waals surface area contributed by atoms with E-state index in [9.17, 15) is 4.79 Å². The molecule has 1 aromatic carbocycles. The summed E-state index contributed by atoms with van der Waals surface area (Å²) in [6.07, 6.45) is 1.74. The van der Waals surface area contributed by atoms with Crippen LogP contribution in [0.5, 0.6) is 0 Å². The molecule has 2 rings (SSSR count). The number of pyridine rings is 1. The second-order valence-corrected chi connectivity index (χ2v) is 4.28. The van der Waals surface area contributed by atoms with E-state index >= 15 is 0 Å². The molecule has 1 amide bonds. The summed E-state index contributed by atoms with van der Waals surface area (Å²) in [5.74, 6) is -0.0536. The second kappa shape index (κ2) is 6.66. The Hall–Kier alpha value is -2.20. The predicted octanol–water partition coefficient (Wildman–Crippen LogP) is 2.20. The average molecular weight is 255 g/mol. The number of carbonyl (C=O) groups excluding carboxylic acids is 1. The van der Waals surface area contributed by atoms with Crippen LogP contribution in [0.2, 0.25) is 0 Å². The molecule has 2 N–H and O–H groups in total. The summed E-state index contributed by atoms with van der Waals surface area (Å²) in [6.45, 7) is 2.41. The second-order valence-electron chi connectivity index (χ2n) is 4.28. The van der Waals surface area contributed by atoms with Gasteiger partial charge in [-0.25, -0.2) is 0 Å². The minimum Gasteiger partial charge on any atom is -0.325 e. The monoisotopic (exact) mass is 255 g/mol. The van der Waals surface area contributed by atoms with Gasteiger partial charge in [0.1, 0.15) is 0 Å². The van der Waals surface area contributed by atoms with Crippen molar-refractivity contribution in [3.8, 4) is 0 Å². The van der Waals surface area contributed by atoms with Gasteiger partial charge in [0.2, 0.25) is 5.91 Å². The Bertz CT molecular complexity index is 513. The van der Waals surface area contributed by atoms with Crippen LogP contribution in [0.3, 0.4) is 0 Å². The average Bonchev–Trinajstić information content (AvgIpc) is 2.47. The van der Waals surface area contributed by atoms with Crippen LogP contribution in [0.15, 0.2) is 54.7 Å². The van der Waals surface area contributed by atoms with Gasteiger partial charge in [0.15, 0.2) is 0 Å². The molecule has 0 radical (unpaired) electrons. The van der Waals surface area contributed by atoms with E-state index in [1.807, 2.05) is 55.5 Å². The predicted molar refractivity (Wildman–Crippen MR) is 75.6 cm³/mol. The molecule has 0 saturated carbocycles. The fraction of sp³-hybridized carbons (Fsp3) is 0.200. The minimum absolute atomic E-state index is 0.0536. The summed E-state index contributed by atoms with van der Waals surface area (Å²) in [7, 11) is 0. The van der Waals surface area contributed by atoms with Crippen LogP contribution in [0, 0.1) is 0 Å². The number of nitrogens with one attached hydrogen (secondary N) is 2. The molecule has 1 atom stereocenters. The lowest BCUT2D eigenvalue weighted by Crippen LogP contribution is -2.37. The lowest BCUT2D eigenvalue weighted by Gasteiger charge is -2.13. The Morgan fingerprint density at radius 2 is 1.89 bits per heavy atom. The number of para-hydroxylation sites is 1. The van der Waals surface area contributed by atoms with E-state index in [0.717, 1.165) is 11.4 Å². The van der Waals surface area contributed by atoms with Crippen LogP contribution in [0.4, 0.5) is 5.69 Å². The van der Waals surface area contributed by atoms with Crippen LogP contribution in [-0.4, -0.2) is 16.9 Å². The first-order chi connectivity index (χ1) is 9.25. The Kier molecular flexibility index (Phi) is 4.64. The number of benzene rings is 1. The van der Waals surface area contributed by atoms with E-state index < -0.39 is 0 Å². The van der Waals surface area contributed by atoms with E-state index in [1.165, 1.54) is 0 Å². The van der Waals surface area contributed by atoms with Gasteiger partial charge in [-0.3, -0.25) is 9.78 Å². The van der Waals surface area contributed by atoms with Crippen molar-refractivity contribution in [2.75, 3.05) is 5.32 Å². The van der Waals surface area contributed by atoms with Crippen molar-refractivity contribution in [1.29, 1.82) is 0 Å². The largest absolute Gasteiger partial charge is 0.325 e. The third-order valence-corrected chi connectivity index (χ3v) is 2.75. The zero-order valence-electron chi connectivity index (χ0n) is 10.8. The van der Waals surface area contributed by atoms with E-state index in [1.54, 1.807) is 6.20 Å². The Balaban J connectivity index is 1.83. The quantitative estimate of drug-likeness (QED) is 0.861. The Morgan fingerprint density at radius 1 is 1.16 bits per heavy atom. The molecular formula is C15H17N3O. The van der Waals surface area contributed by atoms with Crippen molar-refractivity contribution in [2.24, 2.45) is 0 Å². The zero-order valence-corrected chi connectivity index (χ0v) is 10.8. The van der Waals surface area contributed by atoms with E-state index in [-0.39, 0.29) is 11.9 Å². The van der Waals surface area contributed by atoms with Crippen molar-refractivity contribution in [2.45, 2.75) is 19.5 Å². The molecule has 0 bridgehead atoms. The molecule has 2 aromatic rings. The van der Waals surface area contributed by atoms with Crippen LogP contribution in [0.25, 0.3) is 0 Å². The molecule has 0 aliphatic heterocycles. The number of anilines is 1. The number of carbonyl (C=O) groups is 1. The van der Waals surface area contributed by atoms with Crippen LogP contribution < -0.4 is 10.6 Å². The fourth-order valence-corrected chi connectivity index (χ4v) is 1.63. The number of rotatable bonds is 5. The topological polar surface area (TPSA) is 54.0 Å².